The van der Waals surface area contributed by atoms with E-state index in [9.17, 15) is 24.1 Å². The Hall–Kier alpha value is -4.45. The molecule has 0 aliphatic carbocycles. The highest BCUT2D eigenvalue weighted by molar-refractivity contribution is 9.10. The third-order valence-corrected chi connectivity index (χ3v) is 6.11. The molecule has 1 heterocycles. The second-order valence-electron chi connectivity index (χ2n) is 8.45. The Morgan fingerprint density at radius 2 is 2.03 bits per heavy atom. The Labute approximate surface area is 230 Å². The number of nitrogens with zero attached hydrogens (tertiary/aromatic N) is 4. The number of halogens is 2. The maximum Gasteiger partial charge on any atom is 0.311 e. The van der Waals surface area contributed by atoms with Crippen LogP contribution in [0.5, 0.6) is 5.75 Å². The summed E-state index contributed by atoms with van der Waals surface area (Å²) in [4.78, 5) is 41.4. The van der Waals surface area contributed by atoms with Crippen LogP contribution in [0.25, 0.3) is 10.9 Å². The molecule has 0 atom stereocenters. The van der Waals surface area contributed by atoms with Crippen LogP contribution in [-0.4, -0.2) is 33.3 Å². The first-order valence-electron chi connectivity index (χ1n) is 12.0. The second kappa shape index (κ2) is 12.4. The van der Waals surface area contributed by atoms with Crippen molar-refractivity contribution in [3.8, 4) is 5.75 Å². The second-order valence-corrected chi connectivity index (χ2v) is 9.37. The molecule has 3 aromatic carbocycles. The summed E-state index contributed by atoms with van der Waals surface area (Å²) in [6.07, 6.45) is 3.40. The number of aryl methyl sites for hydroxylation is 1. The molecule has 0 spiro atoms. The lowest BCUT2D eigenvalue weighted by molar-refractivity contribution is -0.385. The maximum atomic E-state index is 13.4. The molecule has 1 aromatic heterocycles. The largest absolute Gasteiger partial charge is 0.476 e. The zero-order chi connectivity index (χ0) is 27.9. The normalized spacial score (nSPS) is 11.2. The predicted octanol–water partition coefficient (Wildman–Crippen LogP) is 5.45. The molecule has 0 fully saturated rings. The monoisotopic (exact) mass is 595 g/mol. The van der Waals surface area contributed by atoms with Gasteiger partial charge in [0.25, 0.3) is 11.5 Å². The predicted molar refractivity (Wildman–Crippen MR) is 149 cm³/mol. The average Bonchev–Trinajstić information content (AvgIpc) is 2.90. The van der Waals surface area contributed by atoms with Crippen molar-refractivity contribution >= 4 is 50.3 Å². The summed E-state index contributed by atoms with van der Waals surface area (Å²) < 4.78 is 20.8. The summed E-state index contributed by atoms with van der Waals surface area (Å²) in [6, 6.07) is 14.7. The van der Waals surface area contributed by atoms with Crippen molar-refractivity contribution in [2.45, 2.75) is 26.2 Å². The SMILES string of the molecule is CCCCc1nc2ccc(Br)cc2c(=O)n1N=Cc1cccc([N+](=O)[O-])c1OCC(=O)Nc1cccc(F)c1. The third kappa shape index (κ3) is 6.71. The first kappa shape index (κ1) is 27.6. The van der Waals surface area contributed by atoms with Gasteiger partial charge < -0.3 is 10.1 Å². The average molecular weight is 596 g/mol. The Bertz CT molecular complexity index is 1640. The van der Waals surface area contributed by atoms with Crippen LogP contribution in [-0.2, 0) is 11.2 Å². The number of amides is 1. The van der Waals surface area contributed by atoms with E-state index in [1.165, 1.54) is 47.3 Å². The van der Waals surface area contributed by atoms with E-state index in [0.29, 0.717) is 27.6 Å². The van der Waals surface area contributed by atoms with Gasteiger partial charge in [-0.3, -0.25) is 19.7 Å². The van der Waals surface area contributed by atoms with Gasteiger partial charge in [0.05, 0.1) is 22.0 Å². The number of hydrogen-bond acceptors (Lipinski definition) is 7. The van der Waals surface area contributed by atoms with Gasteiger partial charge in [-0.2, -0.15) is 9.78 Å². The molecule has 0 aliphatic rings. The number of nitro groups is 1. The van der Waals surface area contributed by atoms with E-state index in [1.54, 1.807) is 18.2 Å². The number of carbonyl (C=O) groups is 1. The summed E-state index contributed by atoms with van der Waals surface area (Å²) >= 11 is 3.37. The molecule has 0 saturated heterocycles. The molecule has 0 aliphatic heterocycles. The number of para-hydroxylation sites is 1. The van der Waals surface area contributed by atoms with Crippen molar-refractivity contribution in [2.24, 2.45) is 5.10 Å². The van der Waals surface area contributed by atoms with Crippen molar-refractivity contribution < 1.29 is 18.8 Å². The molecule has 10 nitrogen and oxygen atoms in total. The number of nitrogens with one attached hydrogen (secondary N) is 1. The van der Waals surface area contributed by atoms with Gasteiger partial charge in [0.15, 0.2) is 6.61 Å². The Morgan fingerprint density at radius 3 is 2.77 bits per heavy atom. The topological polar surface area (TPSA) is 129 Å². The smallest absolute Gasteiger partial charge is 0.311 e. The number of anilines is 1. The van der Waals surface area contributed by atoms with Crippen LogP contribution in [0.4, 0.5) is 15.8 Å². The molecule has 0 saturated carbocycles. The van der Waals surface area contributed by atoms with Gasteiger partial charge in [0, 0.05) is 28.2 Å². The van der Waals surface area contributed by atoms with E-state index in [1.807, 2.05) is 6.92 Å². The minimum absolute atomic E-state index is 0.172. The van der Waals surface area contributed by atoms with Crippen LogP contribution < -0.4 is 15.6 Å². The molecule has 0 unspecified atom stereocenters. The van der Waals surface area contributed by atoms with Gasteiger partial charge in [0.2, 0.25) is 5.75 Å². The van der Waals surface area contributed by atoms with Crippen LogP contribution in [0.15, 0.2) is 75.0 Å². The fourth-order valence-corrected chi connectivity index (χ4v) is 4.14. The van der Waals surface area contributed by atoms with Crippen molar-refractivity contribution in [1.29, 1.82) is 0 Å². The molecule has 4 aromatic rings. The molecule has 0 radical (unpaired) electrons. The number of rotatable bonds is 10. The number of fused-ring (bicyclic) bond motifs is 1. The summed E-state index contributed by atoms with van der Waals surface area (Å²) in [5.41, 5.74) is 0.125. The third-order valence-electron chi connectivity index (χ3n) is 5.62. The number of benzene rings is 3. The van der Waals surface area contributed by atoms with Gasteiger partial charge in [0.1, 0.15) is 11.6 Å². The van der Waals surface area contributed by atoms with Crippen LogP contribution >= 0.6 is 15.9 Å². The fourth-order valence-electron chi connectivity index (χ4n) is 3.78. The number of unbranched alkanes of at least 4 members (excludes halogenated alkanes) is 1. The van der Waals surface area contributed by atoms with Crippen LogP contribution in [0.2, 0.25) is 0 Å². The Kier molecular flexibility index (Phi) is 8.77. The van der Waals surface area contributed by atoms with Gasteiger partial charge in [-0.25, -0.2) is 9.37 Å². The van der Waals surface area contributed by atoms with Crippen molar-refractivity contribution in [3.63, 3.8) is 0 Å². The number of carbonyl (C=O) groups excluding carboxylic acids is 1. The summed E-state index contributed by atoms with van der Waals surface area (Å²) in [5, 5.41) is 18.8. The molecule has 0 bridgehead atoms. The van der Waals surface area contributed by atoms with E-state index in [-0.39, 0.29) is 17.0 Å². The summed E-state index contributed by atoms with van der Waals surface area (Å²) in [7, 11) is 0. The number of nitro benzene ring substituents is 1. The van der Waals surface area contributed by atoms with E-state index in [4.69, 9.17) is 4.74 Å². The van der Waals surface area contributed by atoms with Crippen LogP contribution in [0.1, 0.15) is 31.2 Å². The number of hydrogen-bond donors (Lipinski definition) is 1. The van der Waals surface area contributed by atoms with Gasteiger partial charge in [-0.05, 0) is 48.9 Å². The van der Waals surface area contributed by atoms with Gasteiger partial charge in [-0.1, -0.05) is 41.4 Å². The van der Waals surface area contributed by atoms with E-state index < -0.39 is 34.5 Å². The minimum Gasteiger partial charge on any atom is -0.476 e. The first-order valence-corrected chi connectivity index (χ1v) is 12.8. The number of ether oxygens (including phenoxy) is 1. The zero-order valence-electron chi connectivity index (χ0n) is 20.8. The molecule has 200 valence electrons. The van der Waals surface area contributed by atoms with Gasteiger partial charge >= 0.3 is 5.69 Å². The Morgan fingerprint density at radius 1 is 1.23 bits per heavy atom. The standard InChI is InChI=1S/C27H23BrFN5O5/c1-2-3-10-24-32-22-12-11-18(28)13-21(22)27(36)33(24)30-15-17-6-4-9-23(34(37)38)26(17)39-16-25(35)31-20-8-5-7-19(29)14-20/h4-9,11-15H,2-3,10,16H2,1H3,(H,31,35). The van der Waals surface area contributed by atoms with Crippen LogP contribution in [0.3, 0.4) is 0 Å². The molecule has 1 amide bonds. The molecule has 4 rings (SSSR count). The van der Waals surface area contributed by atoms with Crippen molar-refractivity contribution in [3.05, 3.63) is 103 Å². The maximum absolute atomic E-state index is 13.4. The lowest BCUT2D eigenvalue weighted by Crippen LogP contribution is -2.23. The quantitative estimate of drug-likeness (QED) is 0.147. The lowest BCUT2D eigenvalue weighted by Gasteiger charge is -2.11. The highest BCUT2D eigenvalue weighted by atomic mass is 79.9. The highest BCUT2D eigenvalue weighted by Gasteiger charge is 2.20. The van der Waals surface area contributed by atoms with Crippen LogP contribution in [0, 0.1) is 15.9 Å². The lowest BCUT2D eigenvalue weighted by atomic mass is 10.2. The summed E-state index contributed by atoms with van der Waals surface area (Å²) in [6.45, 7) is 1.43. The zero-order valence-corrected chi connectivity index (χ0v) is 22.4. The molecule has 12 heteroatoms. The Balaban J connectivity index is 1.68. The van der Waals surface area contributed by atoms with Crippen molar-refractivity contribution in [2.75, 3.05) is 11.9 Å². The number of aromatic nitrogens is 2. The van der Waals surface area contributed by atoms with Gasteiger partial charge in [-0.15, -0.1) is 0 Å². The van der Waals surface area contributed by atoms with E-state index >= 15 is 0 Å². The molecule has 1 N–H and O–H groups in total. The highest BCUT2D eigenvalue weighted by Crippen LogP contribution is 2.30. The summed E-state index contributed by atoms with van der Waals surface area (Å²) in [5.74, 6) is -0.949. The van der Waals surface area contributed by atoms with E-state index in [0.717, 1.165) is 18.9 Å². The molecular weight excluding hydrogens is 573 g/mol. The van der Waals surface area contributed by atoms with E-state index in [2.05, 4.69) is 31.3 Å². The van der Waals surface area contributed by atoms with Crippen molar-refractivity contribution in [1.82, 2.24) is 9.66 Å². The fraction of sp³-hybridized carbons (Fsp3) is 0.185. The molecule has 39 heavy (non-hydrogen) atoms. The minimum atomic E-state index is -0.649. The molecular formula is C27H23BrFN5O5. The first-order chi connectivity index (χ1) is 18.8.